The number of carboxylic acids is 1. The van der Waals surface area contributed by atoms with Gasteiger partial charge in [-0.05, 0) is 0 Å². The number of hydrogen-bond donors (Lipinski definition) is 1. The molecule has 0 amide bonds. The molecule has 0 aliphatic rings. The molecule has 0 spiro atoms. The van der Waals surface area contributed by atoms with Gasteiger partial charge in [0.2, 0.25) is 0 Å². The van der Waals surface area contributed by atoms with E-state index < -0.39 is 65.8 Å². The molecule has 0 aliphatic heterocycles. The molecule has 0 aromatic carbocycles. The Labute approximate surface area is 190 Å². The summed E-state index contributed by atoms with van der Waals surface area (Å²) in [5.41, 5.74) is 0. The summed E-state index contributed by atoms with van der Waals surface area (Å²) in [5, 5.41) is 0.716. The second-order valence-corrected chi connectivity index (χ2v) is 6.46. The number of rotatable bonds is 10. The monoisotopic (exact) mass is 628 g/mol. The first kappa shape index (κ1) is 35.2. The molecule has 3 unspecified atom stereocenters. The predicted octanol–water partition coefficient (Wildman–Crippen LogP) is 6.42. The fourth-order valence-electron chi connectivity index (χ4n) is 1.48. The van der Waals surface area contributed by atoms with E-state index >= 15 is 0 Å². The van der Waals surface area contributed by atoms with Gasteiger partial charge in [0, 0.05) is 0 Å². The summed E-state index contributed by atoms with van der Waals surface area (Å²) in [5.74, 6) is -20.7. The molecule has 0 bridgehead atoms. The third-order valence-electron chi connectivity index (χ3n) is 3.24. The lowest BCUT2D eigenvalue weighted by atomic mass is 10.2. The van der Waals surface area contributed by atoms with Gasteiger partial charge in [0.15, 0.2) is 0 Å². The van der Waals surface area contributed by atoms with E-state index in [0.717, 1.165) is 0 Å². The van der Waals surface area contributed by atoms with Gasteiger partial charge in [0.1, 0.15) is 0 Å². The van der Waals surface area contributed by atoms with Crippen LogP contribution >= 0.6 is 11.6 Å². The second-order valence-electron chi connectivity index (χ2n) is 5.94. The first-order chi connectivity index (χ1) is 15.6. The van der Waals surface area contributed by atoms with Gasteiger partial charge in [-0.1, -0.05) is 11.6 Å². The zero-order valence-corrected chi connectivity index (χ0v) is 16.3. The van der Waals surface area contributed by atoms with Gasteiger partial charge in [-0.15, -0.1) is 0 Å². The average molecular weight is 629 g/mol. The highest BCUT2D eigenvalue weighted by Gasteiger charge is 2.87. The van der Waals surface area contributed by atoms with E-state index in [2.05, 4.69) is 11.6 Å². The van der Waals surface area contributed by atoms with Gasteiger partial charge in [-0.3, -0.25) is 9.47 Å². The molecule has 1 N–H and O–H groups in total. The zero-order chi connectivity index (χ0) is 30.7. The van der Waals surface area contributed by atoms with Crippen LogP contribution in [0.25, 0.3) is 0 Å². The van der Waals surface area contributed by atoms with E-state index in [1.54, 1.807) is 0 Å². The SMILES string of the molecule is O=C(O)C(F)(F)OC(F)(C(F)(F)F)C(F)(F)OC(F)(C(F)(F)F)C(F)(F)OC(F)(F)C(F)(Cl)C(F)(F)F. The highest BCUT2D eigenvalue weighted by atomic mass is 35.5. The lowest BCUT2D eigenvalue weighted by Crippen LogP contribution is -2.69. The van der Waals surface area contributed by atoms with Gasteiger partial charge < -0.3 is 5.11 Å². The Hall–Kier alpha value is -1.76. The molecule has 0 radical (unpaired) electrons. The molecule has 0 aromatic rings. The number of ether oxygens (including phenoxy) is 3. The zero-order valence-electron chi connectivity index (χ0n) is 15.5. The Kier molecular flexibility index (Phi) is 8.73. The van der Waals surface area contributed by atoms with Gasteiger partial charge in [-0.2, -0.15) is 83.4 Å². The number of carbonyl (C=O) groups is 1. The van der Waals surface area contributed by atoms with Crippen molar-refractivity contribution in [3.05, 3.63) is 0 Å². The third kappa shape index (κ3) is 6.12. The molecule has 0 aromatic heterocycles. The third-order valence-corrected chi connectivity index (χ3v) is 3.68. The summed E-state index contributed by atoms with van der Waals surface area (Å²) in [6.07, 6.45) is -54.7. The lowest BCUT2D eigenvalue weighted by molar-refractivity contribution is -0.570. The van der Waals surface area contributed by atoms with Crippen molar-refractivity contribution in [1.82, 2.24) is 0 Å². The highest BCUT2D eigenvalue weighted by molar-refractivity contribution is 6.24. The van der Waals surface area contributed by atoms with Gasteiger partial charge in [0.25, 0.3) is 0 Å². The molecule has 0 saturated heterocycles. The van der Waals surface area contributed by atoms with Crippen molar-refractivity contribution in [2.75, 3.05) is 0 Å². The summed E-state index contributed by atoms with van der Waals surface area (Å²) in [6.45, 7) is 0. The standard InChI is InChI=1S/C11HClF20O5/c12-3(15,6(18,19)20)9(27,28)37-11(31,32)5(17,8(24,25)26)36-10(29,30)4(16,7(21,22)23)35-2(13,14)1(33)34/h(H,33,34). The molecule has 222 valence electrons. The minimum atomic E-state index is -8.43. The molecule has 0 heterocycles. The Morgan fingerprint density at radius 1 is 0.486 bits per heavy atom. The smallest absolute Gasteiger partial charge is 0.459 e. The quantitative estimate of drug-likeness (QED) is 0.224. The molecule has 0 saturated carbocycles. The molecule has 0 aliphatic carbocycles. The fraction of sp³-hybridized carbons (Fsp3) is 0.909. The van der Waals surface area contributed by atoms with Crippen LogP contribution in [0.1, 0.15) is 0 Å². The van der Waals surface area contributed by atoms with Crippen LogP contribution in [0.2, 0.25) is 0 Å². The summed E-state index contributed by atoms with van der Waals surface area (Å²) in [7, 11) is 0. The molecule has 0 rings (SSSR count). The maximum Gasteiger partial charge on any atom is 0.459 e. The first-order valence-corrected chi connectivity index (χ1v) is 7.75. The molecule has 5 nitrogen and oxygen atoms in total. The van der Waals surface area contributed by atoms with Crippen LogP contribution in [0.5, 0.6) is 0 Å². The van der Waals surface area contributed by atoms with E-state index in [-0.39, 0.29) is 0 Å². The van der Waals surface area contributed by atoms with Crippen LogP contribution in [-0.2, 0) is 19.0 Å². The molecular formula is C11HClF20O5. The van der Waals surface area contributed by atoms with E-state index in [4.69, 9.17) is 5.11 Å². The van der Waals surface area contributed by atoms with Crippen molar-refractivity contribution in [3.63, 3.8) is 0 Å². The summed E-state index contributed by atoms with van der Waals surface area (Å²) in [4.78, 5) is 9.98. The van der Waals surface area contributed by atoms with Crippen LogP contribution in [0, 0.1) is 0 Å². The van der Waals surface area contributed by atoms with E-state index in [1.165, 1.54) is 14.2 Å². The van der Waals surface area contributed by atoms with E-state index in [1.807, 2.05) is 0 Å². The number of carboxylic acid groups (broad SMARTS) is 1. The van der Waals surface area contributed by atoms with Crippen LogP contribution in [0.4, 0.5) is 87.8 Å². The van der Waals surface area contributed by atoms with Crippen LogP contribution in [0.3, 0.4) is 0 Å². The molecule has 26 heteroatoms. The van der Waals surface area contributed by atoms with Crippen molar-refractivity contribution in [3.8, 4) is 0 Å². The average Bonchev–Trinajstić information content (AvgIpc) is 2.56. The summed E-state index contributed by atoms with van der Waals surface area (Å²) < 4.78 is 263. The Morgan fingerprint density at radius 2 is 0.784 bits per heavy atom. The van der Waals surface area contributed by atoms with Crippen LogP contribution in [-0.4, -0.2) is 70.9 Å². The second kappa shape index (κ2) is 9.17. The van der Waals surface area contributed by atoms with Crippen LogP contribution < -0.4 is 0 Å². The molecular weight excluding hydrogens is 628 g/mol. The van der Waals surface area contributed by atoms with Crippen molar-refractivity contribution in [2.45, 2.75) is 59.8 Å². The van der Waals surface area contributed by atoms with E-state index in [0.29, 0.717) is 0 Å². The number of aliphatic carboxylic acids is 1. The Balaban J connectivity index is 6.98. The lowest BCUT2D eigenvalue weighted by Gasteiger charge is -2.41. The number of hydrogen-bond acceptors (Lipinski definition) is 4. The minimum absolute atomic E-state index is 1.19. The Morgan fingerprint density at radius 3 is 1.05 bits per heavy atom. The van der Waals surface area contributed by atoms with Crippen molar-refractivity contribution >= 4 is 17.6 Å². The maximum absolute atomic E-state index is 13.9. The Bertz CT molecular complexity index is 847. The number of halogens is 21. The topological polar surface area (TPSA) is 65.0 Å². The van der Waals surface area contributed by atoms with Crippen LogP contribution in [0.15, 0.2) is 0 Å². The van der Waals surface area contributed by atoms with E-state index in [9.17, 15) is 92.6 Å². The summed E-state index contributed by atoms with van der Waals surface area (Å²) in [6, 6.07) is 0. The molecule has 37 heavy (non-hydrogen) atoms. The molecule has 3 atom stereocenters. The van der Waals surface area contributed by atoms with Crippen molar-refractivity contribution < 1.29 is 112 Å². The largest absolute Gasteiger partial charge is 0.475 e. The first-order valence-electron chi connectivity index (χ1n) is 7.37. The van der Waals surface area contributed by atoms with Crippen molar-refractivity contribution in [1.29, 1.82) is 0 Å². The van der Waals surface area contributed by atoms with Gasteiger partial charge in [-0.25, -0.2) is 13.9 Å². The highest BCUT2D eigenvalue weighted by Crippen LogP contribution is 2.58. The normalized spacial score (nSPS) is 20.1. The van der Waals surface area contributed by atoms with Crippen molar-refractivity contribution in [2.24, 2.45) is 0 Å². The predicted molar refractivity (Wildman–Crippen MR) is 66.2 cm³/mol. The van der Waals surface area contributed by atoms with Gasteiger partial charge in [0.05, 0.1) is 0 Å². The fourth-order valence-corrected chi connectivity index (χ4v) is 1.52. The summed E-state index contributed by atoms with van der Waals surface area (Å²) >= 11 is 3.48. The minimum Gasteiger partial charge on any atom is -0.475 e. The molecule has 0 fully saturated rings. The number of alkyl halides is 21. The maximum atomic E-state index is 13.9. The van der Waals surface area contributed by atoms with Gasteiger partial charge >= 0.3 is 65.8 Å².